The fraction of sp³-hybridized carbons (Fsp3) is 0.500. The Morgan fingerprint density at radius 1 is 1.32 bits per heavy atom. The zero-order chi connectivity index (χ0) is 15.2. The second kappa shape index (κ2) is 7.26. The zero-order valence-electron chi connectivity index (χ0n) is 13.0. The first-order valence-corrected chi connectivity index (χ1v) is 7.81. The lowest BCUT2D eigenvalue weighted by molar-refractivity contribution is 0.398. The Morgan fingerprint density at radius 2 is 2.18 bits per heavy atom. The summed E-state index contributed by atoms with van der Waals surface area (Å²) < 4.78 is 7.16. The first-order chi connectivity index (χ1) is 10.8. The maximum absolute atomic E-state index is 5.30. The Balaban J connectivity index is 1.43. The number of nitrogens with zero attached hydrogens (tertiary/aromatic N) is 4. The highest BCUT2D eigenvalue weighted by atomic mass is 16.5. The van der Waals surface area contributed by atoms with E-state index in [2.05, 4.69) is 38.7 Å². The van der Waals surface area contributed by atoms with Gasteiger partial charge in [-0.2, -0.15) is 0 Å². The summed E-state index contributed by atoms with van der Waals surface area (Å²) in [4.78, 5) is 2.43. The molecule has 0 unspecified atom stereocenters. The van der Waals surface area contributed by atoms with Crippen LogP contribution in [0.4, 0.5) is 5.69 Å². The lowest BCUT2D eigenvalue weighted by Gasteiger charge is -2.34. The lowest BCUT2D eigenvalue weighted by Crippen LogP contribution is -2.43. The minimum absolute atomic E-state index is 0.588. The number of aromatic nitrogens is 3. The van der Waals surface area contributed by atoms with Crippen molar-refractivity contribution in [2.24, 2.45) is 0 Å². The summed E-state index contributed by atoms with van der Waals surface area (Å²) >= 11 is 0. The van der Waals surface area contributed by atoms with Crippen LogP contribution in [0.3, 0.4) is 0 Å². The second-order valence-electron chi connectivity index (χ2n) is 5.58. The third-order valence-electron chi connectivity index (χ3n) is 4.16. The van der Waals surface area contributed by atoms with Crippen LogP contribution in [0.2, 0.25) is 0 Å². The zero-order valence-corrected chi connectivity index (χ0v) is 13.0. The fourth-order valence-electron chi connectivity index (χ4n) is 2.88. The van der Waals surface area contributed by atoms with Gasteiger partial charge in [0.2, 0.25) is 0 Å². The minimum atomic E-state index is 0.588. The first kappa shape index (κ1) is 14.8. The van der Waals surface area contributed by atoms with Gasteiger partial charge in [-0.1, -0.05) is 11.3 Å². The van der Waals surface area contributed by atoms with E-state index < -0.39 is 0 Å². The average molecular weight is 301 g/mol. The van der Waals surface area contributed by atoms with Crippen LogP contribution < -0.4 is 15.0 Å². The number of piperidine rings is 1. The van der Waals surface area contributed by atoms with Gasteiger partial charge in [-0.05, 0) is 25.0 Å². The van der Waals surface area contributed by atoms with E-state index in [1.165, 1.54) is 5.69 Å². The standard InChI is InChI=1S/C16H23N5O/c1-22-16-4-2-3-15(13-16)20-9-5-14(6-10-20)17-7-11-21-12-8-18-19-21/h2-4,8,12-14,17H,5-7,9-11H2,1H3. The van der Waals surface area contributed by atoms with E-state index in [4.69, 9.17) is 4.74 Å². The fourth-order valence-corrected chi connectivity index (χ4v) is 2.88. The quantitative estimate of drug-likeness (QED) is 0.877. The van der Waals surface area contributed by atoms with E-state index in [1.807, 2.05) is 16.9 Å². The summed E-state index contributed by atoms with van der Waals surface area (Å²) in [6, 6.07) is 8.89. The number of ether oxygens (including phenoxy) is 1. The van der Waals surface area contributed by atoms with Crippen LogP contribution in [0.15, 0.2) is 36.7 Å². The molecule has 2 heterocycles. The van der Waals surface area contributed by atoms with Crippen LogP contribution in [-0.4, -0.2) is 47.8 Å². The molecular formula is C16H23N5O. The summed E-state index contributed by atoms with van der Waals surface area (Å²) in [6.45, 7) is 3.96. The minimum Gasteiger partial charge on any atom is -0.497 e. The molecule has 118 valence electrons. The molecule has 1 aromatic heterocycles. The molecular weight excluding hydrogens is 278 g/mol. The summed E-state index contributed by atoms with van der Waals surface area (Å²) in [7, 11) is 1.71. The van der Waals surface area contributed by atoms with Crippen LogP contribution in [0.25, 0.3) is 0 Å². The third kappa shape index (κ3) is 3.76. The van der Waals surface area contributed by atoms with Crippen molar-refractivity contribution in [2.45, 2.75) is 25.4 Å². The molecule has 1 N–H and O–H groups in total. The second-order valence-corrected chi connectivity index (χ2v) is 5.58. The molecule has 0 amide bonds. The van der Waals surface area contributed by atoms with Crippen molar-refractivity contribution in [1.82, 2.24) is 20.3 Å². The molecule has 0 aliphatic carbocycles. The van der Waals surface area contributed by atoms with Crippen molar-refractivity contribution in [3.63, 3.8) is 0 Å². The highest BCUT2D eigenvalue weighted by Crippen LogP contribution is 2.24. The van der Waals surface area contributed by atoms with Crippen molar-refractivity contribution in [2.75, 3.05) is 31.6 Å². The van der Waals surface area contributed by atoms with E-state index in [-0.39, 0.29) is 0 Å². The molecule has 0 spiro atoms. The largest absolute Gasteiger partial charge is 0.497 e. The number of benzene rings is 1. The Morgan fingerprint density at radius 3 is 2.91 bits per heavy atom. The van der Waals surface area contributed by atoms with Crippen LogP contribution in [0, 0.1) is 0 Å². The van der Waals surface area contributed by atoms with Crippen molar-refractivity contribution in [3.8, 4) is 5.75 Å². The maximum atomic E-state index is 5.30. The van der Waals surface area contributed by atoms with Gasteiger partial charge in [0, 0.05) is 43.6 Å². The topological polar surface area (TPSA) is 55.2 Å². The molecule has 6 nitrogen and oxygen atoms in total. The van der Waals surface area contributed by atoms with Gasteiger partial charge in [-0.25, -0.2) is 0 Å². The molecule has 1 fully saturated rings. The molecule has 1 saturated heterocycles. The SMILES string of the molecule is COc1cccc(N2CCC(NCCn3ccnn3)CC2)c1. The molecule has 0 saturated carbocycles. The summed E-state index contributed by atoms with van der Waals surface area (Å²) in [5, 5.41) is 11.4. The van der Waals surface area contributed by atoms with Crippen molar-refractivity contribution >= 4 is 5.69 Å². The van der Waals surface area contributed by atoms with Crippen LogP contribution in [-0.2, 0) is 6.54 Å². The smallest absolute Gasteiger partial charge is 0.120 e. The molecule has 0 atom stereocenters. The number of anilines is 1. The van der Waals surface area contributed by atoms with Gasteiger partial charge in [0.25, 0.3) is 0 Å². The molecule has 22 heavy (non-hydrogen) atoms. The van der Waals surface area contributed by atoms with Crippen LogP contribution in [0.1, 0.15) is 12.8 Å². The van der Waals surface area contributed by atoms with E-state index in [0.29, 0.717) is 6.04 Å². The molecule has 3 rings (SSSR count). The Bertz CT molecular complexity index is 564. The number of hydrogen-bond acceptors (Lipinski definition) is 5. The number of nitrogens with one attached hydrogen (secondary N) is 1. The van der Waals surface area contributed by atoms with Gasteiger partial charge >= 0.3 is 0 Å². The molecule has 0 bridgehead atoms. The summed E-state index contributed by atoms with van der Waals surface area (Å²) in [6.07, 6.45) is 5.93. The normalized spacial score (nSPS) is 16.0. The van der Waals surface area contributed by atoms with Crippen LogP contribution >= 0.6 is 0 Å². The highest BCUT2D eigenvalue weighted by Gasteiger charge is 2.19. The number of rotatable bonds is 6. The molecule has 0 radical (unpaired) electrons. The van der Waals surface area contributed by atoms with E-state index >= 15 is 0 Å². The van der Waals surface area contributed by atoms with Gasteiger partial charge in [-0.3, -0.25) is 4.68 Å². The maximum Gasteiger partial charge on any atom is 0.120 e. The monoisotopic (exact) mass is 301 g/mol. The van der Waals surface area contributed by atoms with Gasteiger partial charge in [0.15, 0.2) is 0 Å². The lowest BCUT2D eigenvalue weighted by atomic mass is 10.0. The molecule has 2 aromatic rings. The van der Waals surface area contributed by atoms with E-state index in [1.54, 1.807) is 13.3 Å². The van der Waals surface area contributed by atoms with Crippen molar-refractivity contribution in [3.05, 3.63) is 36.7 Å². The third-order valence-corrected chi connectivity index (χ3v) is 4.16. The number of hydrogen-bond donors (Lipinski definition) is 1. The Labute approximate surface area is 131 Å². The van der Waals surface area contributed by atoms with Gasteiger partial charge < -0.3 is 15.0 Å². The van der Waals surface area contributed by atoms with Crippen molar-refractivity contribution < 1.29 is 4.74 Å². The van der Waals surface area contributed by atoms with Gasteiger partial charge in [-0.15, -0.1) is 5.10 Å². The van der Waals surface area contributed by atoms with E-state index in [0.717, 1.165) is 44.8 Å². The molecule has 1 aliphatic rings. The predicted octanol–water partition coefficient (Wildman–Crippen LogP) is 1.55. The van der Waals surface area contributed by atoms with Gasteiger partial charge in [0.1, 0.15) is 5.75 Å². The average Bonchev–Trinajstić information content (AvgIpc) is 3.09. The molecule has 1 aliphatic heterocycles. The van der Waals surface area contributed by atoms with Crippen LogP contribution in [0.5, 0.6) is 5.75 Å². The first-order valence-electron chi connectivity index (χ1n) is 7.81. The molecule has 1 aromatic carbocycles. The Hall–Kier alpha value is -2.08. The Kier molecular flexibility index (Phi) is 4.90. The predicted molar refractivity (Wildman–Crippen MR) is 86.3 cm³/mol. The highest BCUT2D eigenvalue weighted by molar-refractivity contribution is 5.51. The summed E-state index contributed by atoms with van der Waals surface area (Å²) in [5.41, 5.74) is 1.25. The van der Waals surface area contributed by atoms with E-state index in [9.17, 15) is 0 Å². The van der Waals surface area contributed by atoms with Gasteiger partial charge in [0.05, 0.1) is 19.9 Å². The number of methoxy groups -OCH3 is 1. The summed E-state index contributed by atoms with van der Waals surface area (Å²) in [5.74, 6) is 0.922. The molecule has 6 heteroatoms. The van der Waals surface area contributed by atoms with Crippen molar-refractivity contribution in [1.29, 1.82) is 0 Å².